The molecule has 0 saturated carbocycles. The zero-order valence-corrected chi connectivity index (χ0v) is 11.1. The van der Waals surface area contributed by atoms with Crippen molar-refractivity contribution in [3.8, 4) is 5.88 Å². The lowest BCUT2D eigenvalue weighted by Crippen LogP contribution is -2.21. The third-order valence-electron chi connectivity index (χ3n) is 2.19. The van der Waals surface area contributed by atoms with E-state index in [-0.39, 0.29) is 11.8 Å². The highest BCUT2D eigenvalue weighted by Gasteiger charge is 2.08. The van der Waals surface area contributed by atoms with Crippen molar-refractivity contribution in [2.45, 2.75) is 0 Å². The minimum absolute atomic E-state index is 0.00977. The Hall–Kier alpha value is -2.41. The van der Waals surface area contributed by atoms with Gasteiger partial charge in [-0.1, -0.05) is 17.7 Å². The fourth-order valence-corrected chi connectivity index (χ4v) is 1.58. The normalized spacial score (nSPS) is 9.95. The van der Waals surface area contributed by atoms with Gasteiger partial charge in [-0.3, -0.25) is 5.32 Å². The maximum absolute atomic E-state index is 13.1. The molecule has 2 amide bonds. The second kappa shape index (κ2) is 6.16. The van der Waals surface area contributed by atoms with Gasteiger partial charge in [0.05, 0.1) is 13.2 Å². The summed E-state index contributed by atoms with van der Waals surface area (Å²) in [7, 11) is 1.33. The predicted octanol–water partition coefficient (Wildman–Crippen LogP) is 2.92. The van der Waals surface area contributed by atoms with Crippen LogP contribution in [0.5, 0.6) is 5.88 Å². The van der Waals surface area contributed by atoms with Gasteiger partial charge in [-0.05, 0) is 18.2 Å². The molecule has 0 bridgehead atoms. The van der Waals surface area contributed by atoms with Gasteiger partial charge in [0.25, 0.3) is 0 Å². The molecule has 0 aliphatic rings. The topological polar surface area (TPSA) is 76.1 Å². The maximum atomic E-state index is 13.1. The zero-order chi connectivity index (χ0) is 14.5. The number of benzene rings is 1. The quantitative estimate of drug-likeness (QED) is 0.854. The smallest absolute Gasteiger partial charge is 0.326 e. The molecule has 0 aliphatic carbocycles. The minimum atomic E-state index is -0.810. The molecule has 6 nitrogen and oxygen atoms in total. The van der Waals surface area contributed by atoms with Gasteiger partial charge in [0.2, 0.25) is 17.8 Å². The Morgan fingerprint density at radius 1 is 1.30 bits per heavy atom. The molecule has 0 aliphatic heterocycles. The molecule has 1 aromatic heterocycles. The SMILES string of the molecule is COc1cc(F)nc(NC(=O)Nc2cccc(Cl)c2)n1. The number of hydrogen-bond acceptors (Lipinski definition) is 4. The molecule has 2 N–H and O–H groups in total. The summed E-state index contributed by atoms with van der Waals surface area (Å²) in [5.41, 5.74) is 0.485. The molecule has 0 fully saturated rings. The van der Waals surface area contributed by atoms with Crippen LogP contribution in [0.3, 0.4) is 0 Å². The van der Waals surface area contributed by atoms with Gasteiger partial charge >= 0.3 is 6.03 Å². The van der Waals surface area contributed by atoms with Crippen LogP contribution in [0, 0.1) is 5.95 Å². The van der Waals surface area contributed by atoms with Crippen molar-refractivity contribution in [1.29, 1.82) is 0 Å². The molecule has 8 heteroatoms. The number of carbonyl (C=O) groups is 1. The van der Waals surface area contributed by atoms with E-state index in [2.05, 4.69) is 20.6 Å². The Morgan fingerprint density at radius 3 is 2.80 bits per heavy atom. The Morgan fingerprint density at radius 2 is 2.10 bits per heavy atom. The van der Waals surface area contributed by atoms with Crippen LogP contribution in [0.1, 0.15) is 0 Å². The van der Waals surface area contributed by atoms with Crippen molar-refractivity contribution < 1.29 is 13.9 Å². The summed E-state index contributed by atoms with van der Waals surface area (Å²) in [4.78, 5) is 18.9. The third kappa shape index (κ3) is 3.79. The monoisotopic (exact) mass is 296 g/mol. The van der Waals surface area contributed by atoms with Crippen LogP contribution in [0.15, 0.2) is 30.3 Å². The van der Waals surface area contributed by atoms with E-state index >= 15 is 0 Å². The molecule has 2 aromatic rings. The fourth-order valence-electron chi connectivity index (χ4n) is 1.39. The van der Waals surface area contributed by atoms with Gasteiger partial charge in [0.1, 0.15) is 0 Å². The molecular formula is C12H10ClFN4O2. The second-order valence-corrected chi connectivity index (χ2v) is 4.08. The first-order valence-corrected chi connectivity index (χ1v) is 5.87. The van der Waals surface area contributed by atoms with E-state index in [0.29, 0.717) is 10.7 Å². The van der Waals surface area contributed by atoms with E-state index in [4.69, 9.17) is 16.3 Å². The Bertz CT molecular complexity index is 639. The molecule has 0 spiro atoms. The zero-order valence-electron chi connectivity index (χ0n) is 10.4. The molecule has 20 heavy (non-hydrogen) atoms. The average Bonchev–Trinajstić information content (AvgIpc) is 2.37. The number of aromatic nitrogens is 2. The number of halogens is 2. The van der Waals surface area contributed by atoms with Crippen LogP contribution in [0.25, 0.3) is 0 Å². The Labute approximate surface area is 119 Å². The van der Waals surface area contributed by atoms with Crippen molar-refractivity contribution in [3.05, 3.63) is 41.3 Å². The number of nitrogens with one attached hydrogen (secondary N) is 2. The van der Waals surface area contributed by atoms with Crippen molar-refractivity contribution in [2.75, 3.05) is 17.7 Å². The number of ether oxygens (including phenoxy) is 1. The van der Waals surface area contributed by atoms with E-state index in [1.807, 2.05) is 0 Å². The number of amides is 2. The molecule has 0 unspecified atom stereocenters. The standard InChI is InChI=1S/C12H10ClFN4O2/c1-20-10-6-9(14)16-11(17-10)18-12(19)15-8-4-2-3-7(13)5-8/h2-6H,1H3,(H2,15,16,17,18,19). The van der Waals surface area contributed by atoms with E-state index in [9.17, 15) is 9.18 Å². The van der Waals surface area contributed by atoms with Crippen molar-refractivity contribution in [1.82, 2.24) is 9.97 Å². The molecule has 104 valence electrons. The molecule has 2 rings (SSSR count). The average molecular weight is 297 g/mol. The number of hydrogen-bond donors (Lipinski definition) is 2. The predicted molar refractivity (Wildman–Crippen MR) is 72.6 cm³/mol. The molecule has 0 atom stereocenters. The summed E-state index contributed by atoms with van der Waals surface area (Å²) in [5, 5.41) is 5.28. The Kier molecular flexibility index (Phi) is 4.31. The molecular weight excluding hydrogens is 287 g/mol. The third-order valence-corrected chi connectivity index (χ3v) is 2.42. The fraction of sp³-hybridized carbons (Fsp3) is 0.0833. The number of carbonyl (C=O) groups excluding carboxylic acids is 1. The van der Waals surface area contributed by atoms with Gasteiger partial charge in [-0.2, -0.15) is 14.4 Å². The first-order valence-electron chi connectivity index (χ1n) is 5.49. The lowest BCUT2D eigenvalue weighted by molar-refractivity contribution is 0.262. The largest absolute Gasteiger partial charge is 0.481 e. The van der Waals surface area contributed by atoms with E-state index in [1.54, 1.807) is 24.3 Å². The maximum Gasteiger partial charge on any atom is 0.326 e. The lowest BCUT2D eigenvalue weighted by atomic mass is 10.3. The number of rotatable bonds is 3. The van der Waals surface area contributed by atoms with Crippen molar-refractivity contribution in [2.24, 2.45) is 0 Å². The summed E-state index contributed by atoms with van der Waals surface area (Å²) in [6.07, 6.45) is 0. The van der Waals surface area contributed by atoms with Gasteiger partial charge in [0.15, 0.2) is 0 Å². The summed E-state index contributed by atoms with van der Waals surface area (Å²) in [6.45, 7) is 0. The highest BCUT2D eigenvalue weighted by Crippen LogP contribution is 2.15. The van der Waals surface area contributed by atoms with Crippen LogP contribution in [-0.4, -0.2) is 23.1 Å². The van der Waals surface area contributed by atoms with Crippen LogP contribution in [0.4, 0.5) is 20.8 Å². The van der Waals surface area contributed by atoms with Crippen LogP contribution < -0.4 is 15.4 Å². The second-order valence-electron chi connectivity index (χ2n) is 3.65. The van der Waals surface area contributed by atoms with Crippen molar-refractivity contribution >= 4 is 29.3 Å². The van der Waals surface area contributed by atoms with E-state index < -0.39 is 12.0 Å². The summed E-state index contributed by atoms with van der Waals surface area (Å²) >= 11 is 5.79. The van der Waals surface area contributed by atoms with E-state index in [1.165, 1.54) is 7.11 Å². The van der Waals surface area contributed by atoms with E-state index in [0.717, 1.165) is 6.07 Å². The van der Waals surface area contributed by atoms with Crippen LogP contribution in [0.2, 0.25) is 5.02 Å². The number of anilines is 2. The molecule has 0 saturated heterocycles. The number of methoxy groups -OCH3 is 1. The summed E-state index contributed by atoms with van der Waals surface area (Å²) < 4.78 is 17.9. The van der Waals surface area contributed by atoms with Gasteiger partial charge in [-0.25, -0.2) is 4.79 Å². The first kappa shape index (κ1) is 14.0. The number of urea groups is 1. The summed E-state index contributed by atoms with van der Waals surface area (Å²) in [6, 6.07) is 6.94. The molecule has 1 heterocycles. The van der Waals surface area contributed by atoms with Gasteiger partial charge in [0, 0.05) is 10.7 Å². The minimum Gasteiger partial charge on any atom is -0.481 e. The molecule has 0 radical (unpaired) electrons. The Balaban J connectivity index is 2.06. The highest BCUT2D eigenvalue weighted by molar-refractivity contribution is 6.30. The molecule has 1 aromatic carbocycles. The van der Waals surface area contributed by atoms with Gasteiger partial charge in [-0.15, -0.1) is 0 Å². The van der Waals surface area contributed by atoms with Gasteiger partial charge < -0.3 is 10.1 Å². The first-order chi connectivity index (χ1) is 9.56. The summed E-state index contributed by atoms with van der Waals surface area (Å²) in [5.74, 6) is -1.01. The highest BCUT2D eigenvalue weighted by atomic mass is 35.5. The van der Waals surface area contributed by atoms with Crippen LogP contribution >= 0.6 is 11.6 Å². The lowest BCUT2D eigenvalue weighted by Gasteiger charge is -2.07. The van der Waals surface area contributed by atoms with Crippen molar-refractivity contribution in [3.63, 3.8) is 0 Å². The van der Waals surface area contributed by atoms with Crippen LogP contribution in [-0.2, 0) is 0 Å². The number of nitrogens with zero attached hydrogens (tertiary/aromatic N) is 2.